The molecule has 1 aliphatic heterocycles. The minimum Gasteiger partial charge on any atom is -0.497 e. The molecular formula is C26H23Cl2NO6S. The van der Waals surface area contributed by atoms with E-state index in [4.69, 9.17) is 32.7 Å². The molecule has 0 radical (unpaired) electrons. The summed E-state index contributed by atoms with van der Waals surface area (Å²) >= 11 is 13.4. The number of carboxylic acid groups (broad SMARTS) is 1. The number of carbonyl (C=O) groups is 3. The minimum atomic E-state index is -1.34. The second kappa shape index (κ2) is 11.0. The van der Waals surface area contributed by atoms with Gasteiger partial charge < -0.3 is 19.5 Å². The van der Waals surface area contributed by atoms with Crippen molar-refractivity contribution >= 4 is 52.2 Å². The Morgan fingerprint density at radius 3 is 2.31 bits per heavy atom. The van der Waals surface area contributed by atoms with E-state index in [0.717, 1.165) is 11.3 Å². The van der Waals surface area contributed by atoms with Crippen LogP contribution in [0.2, 0.25) is 9.36 Å². The number of Topliss-reactive ketones (excluding diaryl/α,β-unsaturated/α-hetero) is 1. The van der Waals surface area contributed by atoms with Crippen molar-refractivity contribution in [3.8, 4) is 5.75 Å². The Bertz CT molecular complexity index is 1280. The Labute approximate surface area is 222 Å². The summed E-state index contributed by atoms with van der Waals surface area (Å²) < 4.78 is 10.9. The van der Waals surface area contributed by atoms with Crippen molar-refractivity contribution in [2.45, 2.75) is 18.0 Å². The maximum atomic E-state index is 14.1. The molecule has 4 unspecified atom stereocenters. The van der Waals surface area contributed by atoms with E-state index in [1.807, 2.05) is 0 Å². The number of benzene rings is 2. The average molecular weight is 548 g/mol. The molecule has 0 saturated carbocycles. The number of ether oxygens (including phenoxy) is 2. The van der Waals surface area contributed by atoms with E-state index in [1.54, 1.807) is 60.7 Å². The molecule has 36 heavy (non-hydrogen) atoms. The number of rotatable bonds is 8. The van der Waals surface area contributed by atoms with Crippen LogP contribution < -0.4 is 4.74 Å². The van der Waals surface area contributed by atoms with Gasteiger partial charge in [-0.15, -0.1) is 11.3 Å². The van der Waals surface area contributed by atoms with Crippen LogP contribution in [0.5, 0.6) is 5.75 Å². The third kappa shape index (κ3) is 4.99. The molecule has 1 aliphatic rings. The maximum Gasteiger partial charge on any atom is 0.327 e. The average Bonchev–Trinajstić information content (AvgIpc) is 3.46. The summed E-state index contributed by atoms with van der Waals surface area (Å²) in [6.45, 7) is -0.343. The van der Waals surface area contributed by atoms with Crippen molar-refractivity contribution in [3.05, 3.63) is 86.0 Å². The molecule has 0 spiro atoms. The van der Waals surface area contributed by atoms with Crippen molar-refractivity contribution in [2.24, 2.45) is 5.92 Å². The first-order valence-electron chi connectivity index (χ1n) is 11.0. The molecule has 2 heterocycles. The largest absolute Gasteiger partial charge is 0.497 e. The van der Waals surface area contributed by atoms with Gasteiger partial charge in [0, 0.05) is 18.1 Å². The number of methoxy groups -OCH3 is 2. The summed E-state index contributed by atoms with van der Waals surface area (Å²) in [7, 11) is 2.86. The van der Waals surface area contributed by atoms with Gasteiger partial charge in [0.05, 0.1) is 28.3 Å². The zero-order valence-corrected chi connectivity index (χ0v) is 21.7. The van der Waals surface area contributed by atoms with Crippen LogP contribution >= 0.6 is 34.5 Å². The van der Waals surface area contributed by atoms with Gasteiger partial charge >= 0.3 is 5.97 Å². The van der Waals surface area contributed by atoms with Crippen molar-refractivity contribution in [3.63, 3.8) is 0 Å². The topological polar surface area (TPSA) is 93.1 Å². The number of likely N-dealkylation sites (tertiary alicyclic amines) is 1. The van der Waals surface area contributed by atoms with Crippen LogP contribution in [-0.4, -0.2) is 54.5 Å². The Hall–Kier alpha value is -2.91. The van der Waals surface area contributed by atoms with E-state index in [-0.39, 0.29) is 12.4 Å². The Morgan fingerprint density at radius 2 is 1.72 bits per heavy atom. The highest BCUT2D eigenvalue weighted by Gasteiger charge is 2.57. The fraction of sp³-hybridized carbons (Fsp3) is 0.269. The fourth-order valence-corrected chi connectivity index (χ4v) is 6.03. The van der Waals surface area contributed by atoms with E-state index in [0.29, 0.717) is 31.1 Å². The van der Waals surface area contributed by atoms with Gasteiger partial charge in [-0.05, 0) is 47.5 Å². The second-order valence-electron chi connectivity index (χ2n) is 8.31. The van der Waals surface area contributed by atoms with Gasteiger partial charge in [-0.1, -0.05) is 47.5 Å². The highest BCUT2D eigenvalue weighted by atomic mass is 35.5. The zero-order valence-electron chi connectivity index (χ0n) is 19.4. The third-order valence-corrected chi connectivity index (χ3v) is 7.78. The lowest BCUT2D eigenvalue weighted by molar-refractivity contribution is -0.151. The second-order valence-corrected chi connectivity index (χ2v) is 10.5. The van der Waals surface area contributed by atoms with Gasteiger partial charge in [0.15, 0.2) is 5.78 Å². The predicted molar refractivity (Wildman–Crippen MR) is 137 cm³/mol. The Morgan fingerprint density at radius 1 is 1.00 bits per heavy atom. The molecule has 1 aromatic heterocycles. The molecule has 1 amide bonds. The van der Waals surface area contributed by atoms with E-state index < -0.39 is 35.8 Å². The van der Waals surface area contributed by atoms with Crippen molar-refractivity contribution in [2.75, 3.05) is 20.8 Å². The molecule has 4 atom stereocenters. The van der Waals surface area contributed by atoms with Crippen molar-refractivity contribution in [1.29, 1.82) is 0 Å². The molecule has 3 aromatic rings. The number of thiophene rings is 1. The number of hydrogen-bond acceptors (Lipinski definition) is 6. The van der Waals surface area contributed by atoms with Gasteiger partial charge in [-0.2, -0.15) is 0 Å². The number of carboxylic acids is 1. The lowest BCUT2D eigenvalue weighted by Gasteiger charge is -2.30. The van der Waals surface area contributed by atoms with Crippen LogP contribution in [-0.2, 0) is 14.3 Å². The summed E-state index contributed by atoms with van der Waals surface area (Å²) in [5, 5.41) is 10.9. The van der Waals surface area contributed by atoms with Gasteiger partial charge in [-0.3, -0.25) is 9.59 Å². The van der Waals surface area contributed by atoms with Crippen molar-refractivity contribution < 1.29 is 29.0 Å². The summed E-state index contributed by atoms with van der Waals surface area (Å²) in [6.07, 6.45) is 0. The van der Waals surface area contributed by atoms with Gasteiger partial charge in [0.1, 0.15) is 18.4 Å². The summed E-state index contributed by atoms with van der Waals surface area (Å²) in [6, 6.07) is 14.6. The van der Waals surface area contributed by atoms with Crippen LogP contribution in [0.1, 0.15) is 32.8 Å². The smallest absolute Gasteiger partial charge is 0.327 e. The number of nitrogens with zero attached hydrogens (tertiary/aromatic N) is 1. The molecule has 1 N–H and O–H groups in total. The summed E-state index contributed by atoms with van der Waals surface area (Å²) in [4.78, 5) is 41.9. The van der Waals surface area contributed by atoms with Crippen LogP contribution in [0.15, 0.2) is 60.7 Å². The molecule has 2 aromatic carbocycles. The summed E-state index contributed by atoms with van der Waals surface area (Å²) in [5.41, 5.74) is 1.15. The number of carbonyl (C=O) groups excluding carboxylic acids is 2. The van der Waals surface area contributed by atoms with E-state index in [1.165, 1.54) is 19.1 Å². The Balaban J connectivity index is 1.99. The van der Waals surface area contributed by atoms with Gasteiger partial charge in [0.2, 0.25) is 5.91 Å². The molecule has 1 fully saturated rings. The highest BCUT2D eigenvalue weighted by Crippen LogP contribution is 2.52. The third-order valence-electron chi connectivity index (χ3n) is 6.28. The predicted octanol–water partition coefficient (Wildman–Crippen LogP) is 5.33. The van der Waals surface area contributed by atoms with E-state index >= 15 is 0 Å². The molecule has 188 valence electrons. The first-order chi connectivity index (χ1) is 17.3. The number of halogens is 2. The number of aliphatic carboxylic acids is 1. The fourth-order valence-electron chi connectivity index (χ4n) is 4.88. The molecule has 0 aliphatic carbocycles. The van der Waals surface area contributed by atoms with Gasteiger partial charge in [0.25, 0.3) is 0 Å². The monoisotopic (exact) mass is 547 g/mol. The molecule has 0 bridgehead atoms. The maximum absolute atomic E-state index is 14.1. The van der Waals surface area contributed by atoms with Crippen LogP contribution in [0.3, 0.4) is 0 Å². The Kier molecular flexibility index (Phi) is 8.00. The molecule has 1 saturated heterocycles. The zero-order chi connectivity index (χ0) is 26.0. The first kappa shape index (κ1) is 26.2. The van der Waals surface area contributed by atoms with Crippen molar-refractivity contribution in [1.82, 2.24) is 4.90 Å². The molecular weight excluding hydrogens is 525 g/mol. The number of ketones is 1. The highest BCUT2D eigenvalue weighted by molar-refractivity contribution is 7.18. The van der Waals surface area contributed by atoms with Crippen LogP contribution in [0.4, 0.5) is 0 Å². The molecule has 4 rings (SSSR count). The van der Waals surface area contributed by atoms with Crippen LogP contribution in [0.25, 0.3) is 0 Å². The lowest BCUT2D eigenvalue weighted by Crippen LogP contribution is -2.45. The summed E-state index contributed by atoms with van der Waals surface area (Å²) in [5.74, 6) is -3.39. The van der Waals surface area contributed by atoms with Crippen LogP contribution in [0, 0.1) is 5.92 Å². The van der Waals surface area contributed by atoms with E-state index in [2.05, 4.69) is 0 Å². The number of amides is 1. The molecule has 7 nitrogen and oxygen atoms in total. The molecule has 10 heteroatoms. The normalized spacial score (nSPS) is 21.4. The number of hydrogen-bond donors (Lipinski definition) is 1. The lowest BCUT2D eigenvalue weighted by atomic mass is 9.77. The first-order valence-corrected chi connectivity index (χ1v) is 12.6. The van der Waals surface area contributed by atoms with Gasteiger partial charge in [-0.25, -0.2) is 4.79 Å². The quantitative estimate of drug-likeness (QED) is 0.383. The minimum absolute atomic E-state index is 0.307. The van der Waals surface area contributed by atoms with E-state index in [9.17, 15) is 19.5 Å². The standard InChI is InChI=1S/C26H23Cl2NO6S/c1-34-13-20(30)29-23(14-6-8-16(27)9-7-14)22(25(31)18-10-11-19(28)36-18)21(24(29)26(32)33)15-4-3-5-17(12-15)35-2/h3-12,21-24H,13H2,1-2H3,(H,32,33). The SMILES string of the molecule is COCC(=O)N1C(C(=O)O)C(c2cccc(OC)c2)C(C(=O)c2ccc(Cl)s2)C1c1ccc(Cl)cc1.